The Morgan fingerprint density at radius 1 is 1.14 bits per heavy atom. The lowest BCUT2D eigenvalue weighted by atomic mass is 10.0. The van der Waals surface area contributed by atoms with Gasteiger partial charge < -0.3 is 20.1 Å². The Morgan fingerprint density at radius 2 is 1.92 bits per heavy atom. The van der Waals surface area contributed by atoms with Crippen LogP contribution in [-0.4, -0.2) is 81.0 Å². The van der Waals surface area contributed by atoms with Crippen LogP contribution in [0.4, 0.5) is 10.1 Å². The van der Waals surface area contributed by atoms with E-state index in [1.165, 1.54) is 35.4 Å². The highest BCUT2D eigenvalue weighted by Crippen LogP contribution is 2.39. The molecule has 0 saturated carbocycles. The van der Waals surface area contributed by atoms with E-state index in [0.717, 1.165) is 23.5 Å². The molecule has 0 radical (unpaired) electrons. The van der Waals surface area contributed by atoms with Crippen molar-refractivity contribution in [1.82, 2.24) is 24.3 Å². The first-order valence-electron chi connectivity index (χ1n) is 15.8. The van der Waals surface area contributed by atoms with Crippen molar-refractivity contribution in [3.63, 3.8) is 0 Å². The number of thiazole rings is 1. The number of para-hydroxylation sites is 1. The van der Waals surface area contributed by atoms with Gasteiger partial charge >= 0.3 is 5.97 Å². The predicted molar refractivity (Wildman–Crippen MR) is 189 cm³/mol. The van der Waals surface area contributed by atoms with Crippen LogP contribution in [0.25, 0.3) is 22.2 Å². The minimum atomic E-state index is -0.924. The second-order valence-electron chi connectivity index (χ2n) is 12.4. The van der Waals surface area contributed by atoms with Gasteiger partial charge in [-0.2, -0.15) is 0 Å². The van der Waals surface area contributed by atoms with Gasteiger partial charge in [0.1, 0.15) is 6.33 Å². The van der Waals surface area contributed by atoms with Gasteiger partial charge in [-0.05, 0) is 44.6 Å². The monoisotopic (exact) mass is 736 g/mol. The summed E-state index contributed by atoms with van der Waals surface area (Å²) in [7, 11) is 3.32. The third-order valence-electron chi connectivity index (χ3n) is 9.13. The Morgan fingerprint density at radius 3 is 2.68 bits per heavy atom. The first kappa shape index (κ1) is 34.1. The van der Waals surface area contributed by atoms with Crippen molar-refractivity contribution < 1.29 is 28.6 Å². The maximum atomic E-state index is 16.0. The second-order valence-corrected chi connectivity index (χ2v) is 14.3. The summed E-state index contributed by atoms with van der Waals surface area (Å²) in [4.78, 5) is 52.8. The van der Waals surface area contributed by atoms with E-state index in [2.05, 4.69) is 20.2 Å². The number of carboxylic acid groups (broad SMARTS) is 1. The van der Waals surface area contributed by atoms with Gasteiger partial charge in [0, 0.05) is 47.7 Å². The fourth-order valence-corrected chi connectivity index (χ4v) is 8.11. The van der Waals surface area contributed by atoms with Gasteiger partial charge in [0.25, 0.3) is 11.8 Å². The quantitative estimate of drug-likeness (QED) is 0.185. The van der Waals surface area contributed by atoms with Crippen LogP contribution < -0.4 is 10.1 Å². The van der Waals surface area contributed by atoms with Crippen LogP contribution >= 0.6 is 34.5 Å². The van der Waals surface area contributed by atoms with Crippen LogP contribution in [0.2, 0.25) is 10.0 Å². The van der Waals surface area contributed by atoms with E-state index in [4.69, 9.17) is 27.9 Å². The number of likely N-dealkylation sites (tertiary alicyclic amines) is 1. The summed E-state index contributed by atoms with van der Waals surface area (Å²) in [5, 5.41) is 12.8. The number of amides is 1. The van der Waals surface area contributed by atoms with E-state index in [0.29, 0.717) is 64.5 Å². The molecule has 0 aliphatic carbocycles. The topological polar surface area (TPSA) is 130 Å². The van der Waals surface area contributed by atoms with Gasteiger partial charge in [0.15, 0.2) is 16.6 Å². The zero-order valence-corrected chi connectivity index (χ0v) is 29.3. The molecule has 1 fully saturated rings. The lowest BCUT2D eigenvalue weighted by molar-refractivity contribution is -0.141. The normalized spacial score (nSPS) is 16.5. The van der Waals surface area contributed by atoms with Crippen molar-refractivity contribution in [2.75, 3.05) is 39.1 Å². The third kappa shape index (κ3) is 6.24. The SMILES string of the molecule is COc1c(CN2CCC(C(=O)O)C2)cc(Cl)c(C(=O)n2cnc3c(-c4cccc(NC(=O)c5nc6c(s5)CCN(C)C6)c4Cl)cccc32)c1F. The summed E-state index contributed by atoms with van der Waals surface area (Å²) >= 11 is 14.8. The van der Waals surface area contributed by atoms with E-state index >= 15 is 4.39 Å². The minimum Gasteiger partial charge on any atom is -0.493 e. The smallest absolute Gasteiger partial charge is 0.307 e. The maximum absolute atomic E-state index is 16.0. The zero-order chi connectivity index (χ0) is 35.3. The molecule has 2 aromatic heterocycles. The number of anilines is 1. The maximum Gasteiger partial charge on any atom is 0.307 e. The Hall–Kier alpha value is -4.40. The molecule has 0 spiro atoms. The molecule has 1 amide bonds. The zero-order valence-electron chi connectivity index (χ0n) is 27.0. The molecule has 3 aromatic carbocycles. The highest BCUT2D eigenvalue weighted by Gasteiger charge is 2.31. The van der Waals surface area contributed by atoms with E-state index in [1.54, 1.807) is 36.4 Å². The number of hydrogen-bond acceptors (Lipinski definition) is 9. The number of halogens is 3. The Bertz CT molecular complexity index is 2190. The summed E-state index contributed by atoms with van der Waals surface area (Å²) in [6.45, 7) is 2.65. The van der Waals surface area contributed by atoms with E-state index in [9.17, 15) is 19.5 Å². The molecule has 2 aliphatic heterocycles. The number of likely N-dealkylation sites (N-methyl/N-ethyl adjacent to an activating group) is 1. The van der Waals surface area contributed by atoms with Gasteiger partial charge in [0.2, 0.25) is 0 Å². The number of aromatic nitrogens is 3. The van der Waals surface area contributed by atoms with Crippen LogP contribution in [0, 0.1) is 11.7 Å². The highest BCUT2D eigenvalue weighted by atomic mass is 35.5. The van der Waals surface area contributed by atoms with Gasteiger partial charge in [-0.1, -0.05) is 47.5 Å². The number of imidazole rings is 1. The molecular formula is C35H31Cl2FN6O5S. The van der Waals surface area contributed by atoms with Gasteiger partial charge in [-0.15, -0.1) is 11.3 Å². The largest absolute Gasteiger partial charge is 0.493 e. The van der Waals surface area contributed by atoms with Crippen LogP contribution in [0.1, 0.15) is 42.7 Å². The molecule has 5 aromatic rings. The van der Waals surface area contributed by atoms with Crippen LogP contribution in [0.5, 0.6) is 5.75 Å². The lowest BCUT2D eigenvalue weighted by Gasteiger charge is -2.20. The number of nitrogens with zero attached hydrogens (tertiary/aromatic N) is 5. The van der Waals surface area contributed by atoms with Crippen molar-refractivity contribution in [3.05, 3.63) is 91.4 Å². The number of hydrogen-bond donors (Lipinski definition) is 2. The Labute approximate surface area is 300 Å². The number of methoxy groups -OCH3 is 1. The number of carbonyl (C=O) groups is 3. The standard InChI is InChI=1S/C35H31Cl2FN6O5S/c1-42-11-10-26-24(16-42)41-33(50-26)32(45)40-23-7-3-5-20(28(23)37)21-6-4-8-25-30(21)39-17-44(25)34(46)27-22(36)13-19(31(49-2)29(27)38)15-43-12-9-18(14-43)35(47)48/h3-8,13,17-18H,9-12,14-16H2,1-2H3,(H,40,45)(H,47,48). The van der Waals surface area contributed by atoms with Crippen molar-refractivity contribution in [1.29, 1.82) is 0 Å². The van der Waals surface area contributed by atoms with Crippen molar-refractivity contribution in [2.45, 2.75) is 25.9 Å². The molecule has 1 saturated heterocycles. The summed E-state index contributed by atoms with van der Waals surface area (Å²) in [5.41, 5.74) is 3.28. The molecule has 11 nitrogen and oxygen atoms in total. The van der Waals surface area contributed by atoms with Crippen molar-refractivity contribution >= 4 is 69.0 Å². The number of nitrogens with one attached hydrogen (secondary N) is 1. The summed E-state index contributed by atoms with van der Waals surface area (Å²) in [5.74, 6) is -3.56. The molecule has 1 atom stereocenters. The first-order chi connectivity index (χ1) is 24.0. The average Bonchev–Trinajstić information content (AvgIpc) is 3.84. The Kier molecular flexibility index (Phi) is 9.35. The van der Waals surface area contributed by atoms with E-state index < -0.39 is 23.6 Å². The number of rotatable bonds is 8. The number of aliphatic carboxylic acids is 1. The molecule has 50 heavy (non-hydrogen) atoms. The van der Waals surface area contributed by atoms with E-state index in [-0.39, 0.29) is 33.8 Å². The summed E-state index contributed by atoms with van der Waals surface area (Å²) in [6.07, 6.45) is 2.62. The minimum absolute atomic E-state index is 0.116. The van der Waals surface area contributed by atoms with E-state index in [1.807, 2.05) is 11.9 Å². The molecule has 258 valence electrons. The van der Waals surface area contributed by atoms with Crippen LogP contribution in [0.3, 0.4) is 0 Å². The van der Waals surface area contributed by atoms with Gasteiger partial charge in [-0.3, -0.25) is 23.9 Å². The fourth-order valence-electron chi connectivity index (χ4n) is 6.58. The number of carboxylic acids is 1. The van der Waals surface area contributed by atoms with Gasteiger partial charge in [-0.25, -0.2) is 14.4 Å². The molecule has 4 heterocycles. The fraction of sp³-hybridized carbons (Fsp3) is 0.286. The number of ether oxygens (including phenoxy) is 1. The predicted octanol–water partition coefficient (Wildman–Crippen LogP) is 6.45. The molecule has 2 N–H and O–H groups in total. The molecule has 15 heteroatoms. The Balaban J connectivity index is 1.17. The average molecular weight is 738 g/mol. The van der Waals surface area contributed by atoms with Crippen LogP contribution in [0.15, 0.2) is 48.8 Å². The highest BCUT2D eigenvalue weighted by molar-refractivity contribution is 7.13. The first-order valence-corrected chi connectivity index (χ1v) is 17.4. The van der Waals surface area contributed by atoms with Crippen LogP contribution in [-0.2, 0) is 24.3 Å². The molecule has 0 bridgehead atoms. The van der Waals surface area contributed by atoms with Crippen molar-refractivity contribution in [2.24, 2.45) is 5.92 Å². The summed E-state index contributed by atoms with van der Waals surface area (Å²) in [6, 6.07) is 11.9. The number of carbonyl (C=O) groups excluding carboxylic acids is 2. The second kappa shape index (κ2) is 13.7. The lowest BCUT2D eigenvalue weighted by Crippen LogP contribution is -2.25. The third-order valence-corrected chi connectivity index (χ3v) is 11.0. The number of benzene rings is 3. The molecule has 2 aliphatic rings. The van der Waals surface area contributed by atoms with Crippen molar-refractivity contribution in [3.8, 4) is 16.9 Å². The molecule has 1 unspecified atom stereocenters. The van der Waals surface area contributed by atoms with Gasteiger partial charge in [0.05, 0.1) is 51.1 Å². The summed E-state index contributed by atoms with van der Waals surface area (Å²) < 4.78 is 22.6. The molecular weight excluding hydrogens is 706 g/mol. The molecule has 7 rings (SSSR count). The number of fused-ring (bicyclic) bond motifs is 2.